The highest BCUT2D eigenvalue weighted by molar-refractivity contribution is 5.86. The van der Waals surface area contributed by atoms with Crippen molar-refractivity contribution in [3.8, 4) is 0 Å². The molecule has 2 aliphatic rings. The number of nitrogens with zero attached hydrogens (tertiary/aromatic N) is 3. The molecule has 0 bridgehead atoms. The van der Waals surface area contributed by atoms with E-state index in [9.17, 15) is 19.5 Å². The number of hydrogen-bond donors (Lipinski definition) is 1. The molecule has 0 aromatic carbocycles. The summed E-state index contributed by atoms with van der Waals surface area (Å²) in [6, 6.07) is -0.774. The van der Waals surface area contributed by atoms with E-state index in [1.165, 1.54) is 16.8 Å². The molecule has 2 fully saturated rings. The van der Waals surface area contributed by atoms with Crippen LogP contribution in [0, 0.1) is 0 Å². The van der Waals surface area contributed by atoms with Crippen molar-refractivity contribution in [1.29, 1.82) is 0 Å². The molecule has 16 heavy (non-hydrogen) atoms. The molecule has 2 saturated heterocycles. The van der Waals surface area contributed by atoms with Crippen LogP contribution in [0.2, 0.25) is 0 Å². The number of urea groups is 2. The van der Waals surface area contributed by atoms with Crippen molar-refractivity contribution in [2.45, 2.75) is 12.3 Å². The first-order valence-electron chi connectivity index (χ1n) is 4.70. The second kappa shape index (κ2) is 3.26. The van der Waals surface area contributed by atoms with Crippen molar-refractivity contribution in [3.63, 3.8) is 0 Å². The lowest BCUT2D eigenvalue weighted by atomic mass is 10.3. The molecule has 2 heterocycles. The van der Waals surface area contributed by atoms with E-state index in [4.69, 9.17) is 0 Å². The first-order chi connectivity index (χ1) is 7.43. The fourth-order valence-corrected chi connectivity index (χ4v) is 2.08. The third kappa shape index (κ3) is 1.26. The van der Waals surface area contributed by atoms with Crippen LogP contribution in [0.1, 0.15) is 0 Å². The molecular formula is C8H11N4O4-. The van der Waals surface area contributed by atoms with Gasteiger partial charge in [-0.1, -0.05) is 0 Å². The molecule has 0 radical (unpaired) electrons. The Balaban J connectivity index is 2.25. The number of carbonyl (C=O) groups excluding carboxylic acids is 3. The van der Waals surface area contributed by atoms with Gasteiger partial charge in [0.05, 0.1) is 12.5 Å². The molecule has 0 unspecified atom stereocenters. The van der Waals surface area contributed by atoms with Crippen LogP contribution in [0.15, 0.2) is 0 Å². The Bertz CT molecular complexity index is 371. The molecule has 0 aromatic heterocycles. The van der Waals surface area contributed by atoms with Gasteiger partial charge < -0.3 is 25.0 Å². The number of carboxylic acids is 1. The van der Waals surface area contributed by atoms with Gasteiger partial charge in [-0.3, -0.25) is 4.90 Å². The minimum Gasteiger partial charge on any atom is -0.548 e. The van der Waals surface area contributed by atoms with Crippen molar-refractivity contribution < 1.29 is 19.5 Å². The Kier molecular flexibility index (Phi) is 2.14. The largest absolute Gasteiger partial charge is 0.548 e. The van der Waals surface area contributed by atoms with Crippen LogP contribution in [0.5, 0.6) is 0 Å². The SMILES string of the molecule is CN1C(=O)N(C)[C@H]2NC(=O)N(CC(=O)[O-])[C@H]21. The number of hydrogen-bond acceptors (Lipinski definition) is 4. The van der Waals surface area contributed by atoms with Crippen LogP contribution in [0.4, 0.5) is 9.59 Å². The number of carbonyl (C=O) groups is 3. The van der Waals surface area contributed by atoms with Gasteiger partial charge in [0.15, 0.2) is 0 Å². The highest BCUT2D eigenvalue weighted by atomic mass is 16.4. The molecule has 4 amide bonds. The van der Waals surface area contributed by atoms with Gasteiger partial charge in [0.2, 0.25) is 0 Å². The molecule has 8 heteroatoms. The molecule has 8 nitrogen and oxygen atoms in total. The van der Waals surface area contributed by atoms with E-state index in [-0.39, 0.29) is 6.03 Å². The van der Waals surface area contributed by atoms with Crippen molar-refractivity contribution >= 4 is 18.0 Å². The van der Waals surface area contributed by atoms with Gasteiger partial charge in [-0.2, -0.15) is 0 Å². The Morgan fingerprint density at radius 1 is 1.38 bits per heavy atom. The average molecular weight is 227 g/mol. The third-order valence-electron chi connectivity index (χ3n) is 2.85. The highest BCUT2D eigenvalue weighted by Crippen LogP contribution is 2.25. The zero-order chi connectivity index (χ0) is 12.0. The van der Waals surface area contributed by atoms with Gasteiger partial charge in [0.1, 0.15) is 12.3 Å². The van der Waals surface area contributed by atoms with E-state index < -0.39 is 30.9 Å². The van der Waals surface area contributed by atoms with Crippen molar-refractivity contribution in [2.75, 3.05) is 20.6 Å². The number of likely N-dealkylation sites (N-methyl/N-ethyl adjacent to an activating group) is 2. The van der Waals surface area contributed by atoms with E-state index in [0.717, 1.165) is 4.90 Å². The molecular weight excluding hydrogens is 216 g/mol. The fraction of sp³-hybridized carbons (Fsp3) is 0.625. The maximum absolute atomic E-state index is 11.6. The molecule has 0 spiro atoms. The lowest BCUT2D eigenvalue weighted by Crippen LogP contribution is -2.49. The maximum atomic E-state index is 11.6. The Morgan fingerprint density at radius 3 is 2.56 bits per heavy atom. The summed E-state index contributed by atoms with van der Waals surface area (Å²) in [6.07, 6.45) is -1.10. The van der Waals surface area contributed by atoms with E-state index in [1.807, 2.05) is 0 Å². The van der Waals surface area contributed by atoms with Gasteiger partial charge in [-0.05, 0) is 0 Å². The number of nitrogens with one attached hydrogen (secondary N) is 1. The Hall–Kier alpha value is -1.99. The number of fused-ring (bicyclic) bond motifs is 1. The van der Waals surface area contributed by atoms with Crippen LogP contribution >= 0.6 is 0 Å². The zero-order valence-electron chi connectivity index (χ0n) is 8.84. The summed E-state index contributed by atoms with van der Waals surface area (Å²) >= 11 is 0. The summed E-state index contributed by atoms with van der Waals surface area (Å²) in [7, 11) is 3.07. The topological polar surface area (TPSA) is 96.0 Å². The fourth-order valence-electron chi connectivity index (χ4n) is 2.08. The van der Waals surface area contributed by atoms with Crippen molar-refractivity contribution in [1.82, 2.24) is 20.0 Å². The van der Waals surface area contributed by atoms with Gasteiger partial charge in [0, 0.05) is 14.1 Å². The molecule has 0 aliphatic carbocycles. The first-order valence-corrected chi connectivity index (χ1v) is 4.70. The lowest BCUT2D eigenvalue weighted by Gasteiger charge is -2.26. The quantitative estimate of drug-likeness (QED) is 0.560. The predicted octanol–water partition coefficient (Wildman–Crippen LogP) is -2.59. The summed E-state index contributed by atoms with van der Waals surface area (Å²) in [4.78, 5) is 37.3. The van der Waals surface area contributed by atoms with Crippen molar-refractivity contribution in [3.05, 3.63) is 0 Å². The molecule has 2 aliphatic heterocycles. The Morgan fingerprint density at radius 2 is 2.00 bits per heavy atom. The second-order valence-corrected chi connectivity index (χ2v) is 3.81. The standard InChI is InChI=1S/C8H12N4O4/c1-10-5-6(11(2)8(10)16)12(3-4(13)14)7(15)9-5/h5-6H,3H2,1-2H3,(H,9,15)(H,13,14)/p-1/t5-,6-/m1/s1. The van der Waals surface area contributed by atoms with E-state index >= 15 is 0 Å². The normalized spacial score (nSPS) is 28.5. The molecule has 0 saturated carbocycles. The summed E-state index contributed by atoms with van der Waals surface area (Å²) in [6.45, 7) is -0.529. The van der Waals surface area contributed by atoms with Crippen LogP contribution in [-0.4, -0.2) is 65.7 Å². The van der Waals surface area contributed by atoms with Gasteiger partial charge in [-0.15, -0.1) is 0 Å². The lowest BCUT2D eigenvalue weighted by molar-refractivity contribution is -0.306. The molecule has 88 valence electrons. The summed E-state index contributed by atoms with van der Waals surface area (Å²) in [5, 5.41) is 13.1. The minimum absolute atomic E-state index is 0.265. The molecule has 2 rings (SSSR count). The number of amides is 4. The van der Waals surface area contributed by atoms with Crippen LogP contribution in [0.3, 0.4) is 0 Å². The Labute approximate surface area is 91.4 Å². The average Bonchev–Trinajstić information content (AvgIpc) is 2.61. The van der Waals surface area contributed by atoms with E-state index in [2.05, 4.69) is 5.32 Å². The number of rotatable bonds is 2. The second-order valence-electron chi connectivity index (χ2n) is 3.81. The molecule has 2 atom stereocenters. The highest BCUT2D eigenvalue weighted by Gasteiger charge is 2.52. The molecule has 1 N–H and O–H groups in total. The number of carboxylic acid groups (broad SMARTS) is 1. The summed E-state index contributed by atoms with van der Waals surface area (Å²) in [5.41, 5.74) is 0. The van der Waals surface area contributed by atoms with E-state index in [0.29, 0.717) is 0 Å². The summed E-state index contributed by atoms with van der Waals surface area (Å²) < 4.78 is 0. The minimum atomic E-state index is -1.36. The van der Waals surface area contributed by atoms with Gasteiger partial charge >= 0.3 is 12.1 Å². The monoisotopic (exact) mass is 227 g/mol. The van der Waals surface area contributed by atoms with Gasteiger partial charge in [0.25, 0.3) is 0 Å². The summed E-state index contributed by atoms with van der Waals surface area (Å²) in [5.74, 6) is -1.36. The van der Waals surface area contributed by atoms with E-state index in [1.54, 1.807) is 7.05 Å². The van der Waals surface area contributed by atoms with Crippen LogP contribution < -0.4 is 10.4 Å². The first kappa shape index (κ1) is 10.5. The third-order valence-corrected chi connectivity index (χ3v) is 2.85. The van der Waals surface area contributed by atoms with Crippen molar-refractivity contribution in [2.24, 2.45) is 0 Å². The zero-order valence-corrected chi connectivity index (χ0v) is 8.84. The van der Waals surface area contributed by atoms with Crippen LogP contribution in [-0.2, 0) is 4.79 Å². The van der Waals surface area contributed by atoms with Crippen LogP contribution in [0.25, 0.3) is 0 Å². The number of aliphatic carboxylic acids is 1. The maximum Gasteiger partial charge on any atom is 0.323 e. The van der Waals surface area contributed by atoms with Gasteiger partial charge in [-0.25, -0.2) is 9.59 Å². The predicted molar refractivity (Wildman–Crippen MR) is 48.7 cm³/mol. The molecule has 0 aromatic rings. The smallest absolute Gasteiger partial charge is 0.323 e.